The summed E-state index contributed by atoms with van der Waals surface area (Å²) in [6.07, 6.45) is 1.10. The summed E-state index contributed by atoms with van der Waals surface area (Å²) in [5.41, 5.74) is 0. The van der Waals surface area contributed by atoms with Gasteiger partial charge in [0, 0.05) is 32.0 Å². The number of aliphatic carboxylic acids is 1. The Labute approximate surface area is 103 Å². The molecule has 0 aliphatic rings. The van der Waals surface area contributed by atoms with E-state index in [0.717, 1.165) is 6.54 Å². The quantitative estimate of drug-likeness (QED) is 0.596. The summed E-state index contributed by atoms with van der Waals surface area (Å²) in [5.74, 6) is -0.722. The number of nitrogens with one attached hydrogen (secondary N) is 1. The maximum atomic E-state index is 11.9. The van der Waals surface area contributed by atoms with Gasteiger partial charge in [0.1, 0.15) is 0 Å². The van der Waals surface area contributed by atoms with E-state index in [-0.39, 0.29) is 18.4 Å². The summed E-state index contributed by atoms with van der Waals surface area (Å²) in [6, 6.07) is 0.123. The van der Waals surface area contributed by atoms with Crippen LogP contribution in [0.4, 0.5) is 0 Å². The average Bonchev–Trinajstić information content (AvgIpc) is 2.23. The Morgan fingerprint density at radius 1 is 1.29 bits per heavy atom. The number of nitrogens with zero attached hydrogens (tertiary/aromatic N) is 1. The molecule has 0 fully saturated rings. The van der Waals surface area contributed by atoms with Crippen molar-refractivity contribution in [1.82, 2.24) is 10.2 Å². The fraction of sp³-hybridized carbons (Fsp3) is 0.833. The van der Waals surface area contributed by atoms with Crippen molar-refractivity contribution in [3.05, 3.63) is 0 Å². The minimum atomic E-state index is -0.811. The number of carbonyl (C=O) groups excluding carboxylic acids is 1. The van der Waals surface area contributed by atoms with Crippen molar-refractivity contribution in [1.29, 1.82) is 0 Å². The van der Waals surface area contributed by atoms with E-state index >= 15 is 0 Å². The van der Waals surface area contributed by atoms with E-state index in [0.29, 0.717) is 25.9 Å². The normalized spacial score (nSPS) is 10.6. The zero-order valence-corrected chi connectivity index (χ0v) is 11.0. The maximum absolute atomic E-state index is 11.9. The summed E-state index contributed by atoms with van der Waals surface area (Å²) in [4.78, 5) is 24.0. The first-order valence-corrected chi connectivity index (χ1v) is 6.21. The summed E-state index contributed by atoms with van der Waals surface area (Å²) in [7, 11) is 0. The zero-order valence-electron chi connectivity index (χ0n) is 11.0. The molecule has 5 heteroatoms. The lowest BCUT2D eigenvalue weighted by Gasteiger charge is -2.26. The second-order valence-corrected chi connectivity index (χ2v) is 4.28. The molecule has 0 heterocycles. The molecule has 0 aromatic rings. The first kappa shape index (κ1) is 15.9. The molecule has 0 aliphatic heterocycles. The topological polar surface area (TPSA) is 69.6 Å². The first-order valence-electron chi connectivity index (χ1n) is 6.21. The van der Waals surface area contributed by atoms with Crippen LogP contribution >= 0.6 is 0 Å². The molecule has 17 heavy (non-hydrogen) atoms. The molecule has 0 radical (unpaired) electrons. The highest BCUT2D eigenvalue weighted by Gasteiger charge is 2.16. The maximum Gasteiger partial charge on any atom is 0.303 e. The predicted octanol–water partition coefficient (Wildman–Crippen LogP) is 1.09. The lowest BCUT2D eigenvalue weighted by atomic mass is 10.2. The third kappa shape index (κ3) is 7.74. The van der Waals surface area contributed by atoms with Gasteiger partial charge >= 0.3 is 5.97 Å². The summed E-state index contributed by atoms with van der Waals surface area (Å²) < 4.78 is 0. The highest BCUT2D eigenvalue weighted by molar-refractivity contribution is 5.76. The van der Waals surface area contributed by atoms with E-state index in [1.807, 2.05) is 20.8 Å². The SMILES string of the molecule is CCNCCC(=O)N(CCCC(=O)O)C(C)C. The smallest absolute Gasteiger partial charge is 0.303 e. The molecule has 0 saturated heterocycles. The Kier molecular flexibility index (Phi) is 8.40. The molecule has 0 rings (SSSR count). The van der Waals surface area contributed by atoms with Gasteiger partial charge in [-0.25, -0.2) is 0 Å². The molecule has 0 atom stereocenters. The Morgan fingerprint density at radius 2 is 1.94 bits per heavy atom. The molecule has 0 saturated carbocycles. The molecule has 100 valence electrons. The molecule has 5 nitrogen and oxygen atoms in total. The van der Waals surface area contributed by atoms with Crippen LogP contribution in [0.3, 0.4) is 0 Å². The summed E-state index contributed by atoms with van der Waals surface area (Å²) >= 11 is 0. The monoisotopic (exact) mass is 244 g/mol. The second-order valence-electron chi connectivity index (χ2n) is 4.28. The third-order valence-corrected chi connectivity index (χ3v) is 2.50. The number of rotatable bonds is 9. The average molecular weight is 244 g/mol. The number of amides is 1. The largest absolute Gasteiger partial charge is 0.481 e. The standard InChI is InChI=1S/C12H24N2O3/c1-4-13-8-7-11(15)14(10(2)3)9-5-6-12(16)17/h10,13H,4-9H2,1-3H3,(H,16,17). The van der Waals surface area contributed by atoms with E-state index in [1.54, 1.807) is 4.90 Å². The van der Waals surface area contributed by atoms with Crippen molar-refractivity contribution >= 4 is 11.9 Å². The highest BCUT2D eigenvalue weighted by atomic mass is 16.4. The number of hydrogen-bond acceptors (Lipinski definition) is 3. The molecular weight excluding hydrogens is 220 g/mol. The molecule has 1 amide bonds. The first-order chi connectivity index (χ1) is 7.99. The van der Waals surface area contributed by atoms with Crippen molar-refractivity contribution in [2.24, 2.45) is 0 Å². The van der Waals surface area contributed by atoms with E-state index in [1.165, 1.54) is 0 Å². The second kappa shape index (κ2) is 8.98. The van der Waals surface area contributed by atoms with Crippen molar-refractivity contribution in [3.8, 4) is 0 Å². The van der Waals surface area contributed by atoms with Crippen molar-refractivity contribution < 1.29 is 14.7 Å². The minimum absolute atomic E-state index is 0.0892. The molecule has 0 aromatic carbocycles. The van der Waals surface area contributed by atoms with Crippen LogP contribution < -0.4 is 5.32 Å². The Hall–Kier alpha value is -1.10. The van der Waals surface area contributed by atoms with Gasteiger partial charge in [-0.1, -0.05) is 6.92 Å². The molecule has 2 N–H and O–H groups in total. The predicted molar refractivity (Wildman–Crippen MR) is 66.9 cm³/mol. The van der Waals surface area contributed by atoms with Gasteiger partial charge in [-0.2, -0.15) is 0 Å². The van der Waals surface area contributed by atoms with Crippen LogP contribution in [0.5, 0.6) is 0 Å². The Bertz CT molecular complexity index is 242. The number of carboxylic acid groups (broad SMARTS) is 1. The molecule has 0 spiro atoms. The van der Waals surface area contributed by atoms with Gasteiger partial charge in [-0.05, 0) is 26.8 Å². The third-order valence-electron chi connectivity index (χ3n) is 2.50. The van der Waals surface area contributed by atoms with Crippen LogP contribution in [0, 0.1) is 0 Å². The van der Waals surface area contributed by atoms with Crippen molar-refractivity contribution in [3.63, 3.8) is 0 Å². The van der Waals surface area contributed by atoms with Crippen LogP contribution in [0.15, 0.2) is 0 Å². The summed E-state index contributed by atoms with van der Waals surface area (Å²) in [6.45, 7) is 7.95. The number of carbonyl (C=O) groups is 2. The fourth-order valence-electron chi connectivity index (χ4n) is 1.59. The van der Waals surface area contributed by atoms with Crippen LogP contribution in [-0.4, -0.2) is 47.6 Å². The summed E-state index contributed by atoms with van der Waals surface area (Å²) in [5, 5.41) is 11.7. The lowest BCUT2D eigenvalue weighted by molar-refractivity contribution is -0.138. The van der Waals surface area contributed by atoms with E-state index in [9.17, 15) is 9.59 Å². The fourth-order valence-corrected chi connectivity index (χ4v) is 1.59. The Balaban J connectivity index is 4.03. The zero-order chi connectivity index (χ0) is 13.3. The number of hydrogen-bond donors (Lipinski definition) is 2. The van der Waals surface area contributed by atoms with Gasteiger partial charge in [0.25, 0.3) is 0 Å². The molecule has 0 unspecified atom stereocenters. The molecule has 0 bridgehead atoms. The molecule has 0 aliphatic carbocycles. The molecule has 0 aromatic heterocycles. The van der Waals surface area contributed by atoms with Gasteiger partial charge in [0.15, 0.2) is 0 Å². The van der Waals surface area contributed by atoms with E-state index < -0.39 is 5.97 Å². The lowest BCUT2D eigenvalue weighted by Crippen LogP contribution is -2.39. The van der Waals surface area contributed by atoms with Crippen LogP contribution in [0.1, 0.15) is 40.0 Å². The number of carboxylic acids is 1. The minimum Gasteiger partial charge on any atom is -0.481 e. The van der Waals surface area contributed by atoms with Crippen LogP contribution in [0.25, 0.3) is 0 Å². The van der Waals surface area contributed by atoms with Gasteiger partial charge in [0.2, 0.25) is 5.91 Å². The van der Waals surface area contributed by atoms with Gasteiger partial charge in [-0.15, -0.1) is 0 Å². The van der Waals surface area contributed by atoms with E-state index in [4.69, 9.17) is 5.11 Å². The van der Waals surface area contributed by atoms with Crippen LogP contribution in [-0.2, 0) is 9.59 Å². The van der Waals surface area contributed by atoms with Crippen LogP contribution in [0.2, 0.25) is 0 Å². The van der Waals surface area contributed by atoms with E-state index in [2.05, 4.69) is 5.32 Å². The highest BCUT2D eigenvalue weighted by Crippen LogP contribution is 2.04. The van der Waals surface area contributed by atoms with Gasteiger partial charge in [-0.3, -0.25) is 9.59 Å². The van der Waals surface area contributed by atoms with Crippen molar-refractivity contribution in [2.75, 3.05) is 19.6 Å². The van der Waals surface area contributed by atoms with Gasteiger partial charge < -0.3 is 15.3 Å². The Morgan fingerprint density at radius 3 is 2.41 bits per heavy atom. The van der Waals surface area contributed by atoms with Gasteiger partial charge in [0.05, 0.1) is 0 Å². The van der Waals surface area contributed by atoms with Crippen molar-refractivity contribution in [2.45, 2.75) is 46.1 Å². The molecular formula is C12H24N2O3.